The lowest BCUT2D eigenvalue weighted by Gasteiger charge is -1.78. The molecule has 0 aromatic carbocycles. The summed E-state index contributed by atoms with van der Waals surface area (Å²) in [6.45, 7) is -0.201. The third-order valence-corrected chi connectivity index (χ3v) is 0.329. The van der Waals surface area contributed by atoms with Crippen LogP contribution in [-0.2, 0) is 9.84 Å². The van der Waals surface area contributed by atoms with Gasteiger partial charge in [-0.1, -0.05) is 0 Å². The second-order valence-electron chi connectivity index (χ2n) is 0.774. The van der Waals surface area contributed by atoms with Crippen molar-refractivity contribution in [1.29, 1.82) is 0 Å². The summed E-state index contributed by atoms with van der Waals surface area (Å²) in [4.78, 5) is 0. The van der Waals surface area contributed by atoms with E-state index in [2.05, 4.69) is 4.74 Å². The van der Waals surface area contributed by atoms with Gasteiger partial charge in [0.1, 0.15) is 6.61 Å². The highest BCUT2D eigenvalue weighted by Gasteiger charge is 1.61. The molecule has 6 heavy (non-hydrogen) atoms. The molecular formula is C4H7O2. The van der Waals surface area contributed by atoms with Crippen LogP contribution in [0.3, 0.4) is 0 Å². The van der Waals surface area contributed by atoms with E-state index >= 15 is 0 Å². The van der Waals surface area contributed by atoms with E-state index in [0.717, 1.165) is 0 Å². The Labute approximate surface area is 37.1 Å². The van der Waals surface area contributed by atoms with E-state index in [4.69, 9.17) is 0 Å². The van der Waals surface area contributed by atoms with Gasteiger partial charge in [-0.05, 0) is 6.08 Å². The van der Waals surface area contributed by atoms with E-state index in [-0.39, 0.29) is 6.61 Å². The molecule has 0 aromatic heterocycles. The fourth-order valence-electron chi connectivity index (χ4n) is 0.136. The first-order chi connectivity index (χ1) is 2.91. The monoisotopic (exact) mass is 87.0 g/mol. The molecule has 0 aliphatic heterocycles. The average Bonchev–Trinajstić information content (AvgIpc) is 1.61. The van der Waals surface area contributed by atoms with Crippen molar-refractivity contribution in [3.05, 3.63) is 12.3 Å². The van der Waals surface area contributed by atoms with Crippen molar-refractivity contribution in [1.82, 2.24) is 0 Å². The van der Waals surface area contributed by atoms with Crippen molar-refractivity contribution in [3.63, 3.8) is 0 Å². The molecule has 35 valence electrons. The Hall–Kier alpha value is -0.500. The lowest BCUT2D eigenvalue weighted by Crippen LogP contribution is -1.68. The Balaban J connectivity index is 2.73. The normalized spacial score (nSPS) is 9.67. The van der Waals surface area contributed by atoms with Crippen molar-refractivity contribution >= 4 is 0 Å². The first kappa shape index (κ1) is 5.50. The fraction of sp³-hybridized carbons (Fsp3) is 0.500. The van der Waals surface area contributed by atoms with Gasteiger partial charge >= 0.3 is 0 Å². The second kappa shape index (κ2) is 4.50. The number of hydrogen-bond acceptors (Lipinski definition) is 1. The molecule has 0 bridgehead atoms. The minimum Gasteiger partial charge on any atom is -0.505 e. The predicted molar refractivity (Wildman–Crippen MR) is 21.7 cm³/mol. The van der Waals surface area contributed by atoms with Crippen molar-refractivity contribution in [3.8, 4) is 0 Å². The molecule has 2 nitrogen and oxygen atoms in total. The quantitative estimate of drug-likeness (QED) is 0.453. The van der Waals surface area contributed by atoms with E-state index in [1.165, 1.54) is 19.4 Å². The van der Waals surface area contributed by atoms with Crippen LogP contribution in [0.4, 0.5) is 0 Å². The summed E-state index contributed by atoms with van der Waals surface area (Å²) in [7, 11) is 1.51. The Morgan fingerprint density at radius 3 is 2.67 bits per heavy atom. The fourth-order valence-corrected chi connectivity index (χ4v) is 0.136. The smallest absolute Gasteiger partial charge is 0.104 e. The molecule has 0 amide bonds. The van der Waals surface area contributed by atoms with E-state index in [0.29, 0.717) is 0 Å². The van der Waals surface area contributed by atoms with E-state index in [9.17, 15) is 5.11 Å². The molecule has 0 aliphatic carbocycles. The highest BCUT2D eigenvalue weighted by molar-refractivity contribution is 4.69. The van der Waals surface area contributed by atoms with E-state index in [1.54, 1.807) is 0 Å². The molecule has 0 spiro atoms. The minimum absolute atomic E-state index is 0.201. The summed E-state index contributed by atoms with van der Waals surface area (Å²) in [5, 5.41) is 9.52. The van der Waals surface area contributed by atoms with Crippen LogP contribution in [0.15, 0.2) is 12.3 Å². The number of methoxy groups -OCH3 is 1. The van der Waals surface area contributed by atoms with Gasteiger partial charge in [0.15, 0.2) is 0 Å². The Kier molecular flexibility index (Phi) is 4.12. The van der Waals surface area contributed by atoms with Crippen LogP contribution in [0.5, 0.6) is 0 Å². The first-order valence-electron chi connectivity index (χ1n) is 1.67. The number of rotatable bonds is 2. The van der Waals surface area contributed by atoms with Crippen molar-refractivity contribution in [2.45, 2.75) is 0 Å². The summed E-state index contributed by atoms with van der Waals surface area (Å²) in [5.41, 5.74) is 0. The topological polar surface area (TPSA) is 29.1 Å². The molecule has 1 radical (unpaired) electrons. The minimum atomic E-state index is -0.201. The lowest BCUT2D eigenvalue weighted by molar-refractivity contribution is 0.227. The van der Waals surface area contributed by atoms with Crippen molar-refractivity contribution < 1.29 is 9.84 Å². The van der Waals surface area contributed by atoms with Gasteiger partial charge < -0.3 is 4.74 Å². The Morgan fingerprint density at radius 2 is 2.50 bits per heavy atom. The maximum absolute atomic E-state index is 9.52. The molecule has 0 unspecified atom stereocenters. The largest absolute Gasteiger partial charge is 0.505 e. The van der Waals surface area contributed by atoms with Crippen LogP contribution in [-0.4, -0.2) is 13.7 Å². The van der Waals surface area contributed by atoms with Gasteiger partial charge in [-0.25, -0.2) is 5.11 Å². The zero-order valence-electron chi connectivity index (χ0n) is 3.68. The van der Waals surface area contributed by atoms with Crippen LogP contribution in [0, 0.1) is 0 Å². The van der Waals surface area contributed by atoms with Gasteiger partial charge in [-0.15, -0.1) is 0 Å². The van der Waals surface area contributed by atoms with Crippen LogP contribution in [0.25, 0.3) is 0 Å². The van der Waals surface area contributed by atoms with Gasteiger partial charge in [0, 0.05) is 0 Å². The third-order valence-electron chi connectivity index (χ3n) is 0.329. The molecule has 0 atom stereocenters. The van der Waals surface area contributed by atoms with E-state index in [1.807, 2.05) is 0 Å². The summed E-state index contributed by atoms with van der Waals surface area (Å²) in [5.74, 6) is 0. The van der Waals surface area contributed by atoms with Crippen molar-refractivity contribution in [2.75, 3.05) is 13.7 Å². The second-order valence-corrected chi connectivity index (χ2v) is 0.774. The summed E-state index contributed by atoms with van der Waals surface area (Å²) in [6.07, 6.45) is 2.77. The van der Waals surface area contributed by atoms with Crippen LogP contribution >= 0.6 is 0 Å². The zero-order valence-corrected chi connectivity index (χ0v) is 3.68. The standard InChI is InChI=1S/C4H7O2/c1-6-4-2-3-5/h2,4H,3H2,1H3. The summed E-state index contributed by atoms with van der Waals surface area (Å²) in [6, 6.07) is 0. The molecule has 0 aromatic rings. The predicted octanol–water partition coefficient (Wildman–Crippen LogP) is 0.577. The molecule has 0 fully saturated rings. The highest BCUT2D eigenvalue weighted by Crippen LogP contribution is 1.67. The van der Waals surface area contributed by atoms with Gasteiger partial charge in [0.2, 0.25) is 0 Å². The highest BCUT2D eigenvalue weighted by atomic mass is 16.5. The van der Waals surface area contributed by atoms with Gasteiger partial charge in [0.25, 0.3) is 0 Å². The molecule has 0 N–H and O–H groups in total. The molecular weight excluding hydrogens is 80.0 g/mol. The van der Waals surface area contributed by atoms with Crippen LogP contribution in [0.1, 0.15) is 0 Å². The maximum atomic E-state index is 9.52. The molecule has 0 rings (SSSR count). The number of ether oxygens (including phenoxy) is 1. The summed E-state index contributed by atoms with van der Waals surface area (Å²) >= 11 is 0. The lowest BCUT2D eigenvalue weighted by atomic mass is 10.7. The molecule has 0 heterocycles. The third kappa shape index (κ3) is 3.50. The first-order valence-corrected chi connectivity index (χ1v) is 1.67. The molecule has 0 saturated heterocycles. The molecule has 0 aliphatic rings. The molecule has 0 saturated carbocycles. The van der Waals surface area contributed by atoms with Gasteiger partial charge in [-0.2, -0.15) is 0 Å². The zero-order chi connectivity index (χ0) is 4.83. The van der Waals surface area contributed by atoms with Gasteiger partial charge in [-0.3, -0.25) is 0 Å². The summed E-state index contributed by atoms with van der Waals surface area (Å²) < 4.78 is 4.40. The number of hydrogen-bond donors (Lipinski definition) is 0. The molecule has 2 heteroatoms. The van der Waals surface area contributed by atoms with Crippen LogP contribution in [0.2, 0.25) is 0 Å². The Morgan fingerprint density at radius 1 is 1.83 bits per heavy atom. The maximum Gasteiger partial charge on any atom is 0.104 e. The van der Waals surface area contributed by atoms with E-state index < -0.39 is 0 Å². The van der Waals surface area contributed by atoms with Crippen molar-refractivity contribution in [2.24, 2.45) is 0 Å². The van der Waals surface area contributed by atoms with Gasteiger partial charge in [0.05, 0.1) is 13.4 Å². The Bertz CT molecular complexity index is 34.8. The average molecular weight is 87.1 g/mol. The SMILES string of the molecule is COC=CC[O]. The van der Waals surface area contributed by atoms with Crippen LogP contribution < -0.4 is 0 Å².